The fraction of sp³-hybridized carbons (Fsp3) is 0.500. The minimum absolute atomic E-state index is 0.0244. The Morgan fingerprint density at radius 2 is 2.24 bits per heavy atom. The molecule has 2 heterocycles. The highest BCUT2D eigenvalue weighted by molar-refractivity contribution is 6.34. The van der Waals surface area contributed by atoms with Crippen LogP contribution in [0.15, 0.2) is 12.1 Å². The average Bonchev–Trinajstić information content (AvgIpc) is 2.84. The molecule has 0 aliphatic carbocycles. The molecule has 4 nitrogen and oxygen atoms in total. The summed E-state index contributed by atoms with van der Waals surface area (Å²) in [5.74, 6) is -0.0300. The lowest BCUT2D eigenvalue weighted by Crippen LogP contribution is -2.20. The zero-order valence-electron chi connectivity index (χ0n) is 11.8. The van der Waals surface area contributed by atoms with E-state index in [4.69, 9.17) is 16.3 Å². The second-order valence-electron chi connectivity index (χ2n) is 5.66. The average molecular weight is 308 g/mol. The third-order valence-corrected chi connectivity index (χ3v) is 4.40. The van der Waals surface area contributed by atoms with E-state index in [0.717, 1.165) is 37.1 Å². The Labute approximate surface area is 128 Å². The zero-order chi connectivity index (χ0) is 14.8. The first-order valence-electron chi connectivity index (χ1n) is 7.40. The third kappa shape index (κ3) is 3.27. The number of carbonyl (C=O) groups excluding carboxylic acids is 2. The minimum Gasteiger partial charge on any atom is -0.378 e. The van der Waals surface area contributed by atoms with E-state index < -0.39 is 0 Å². The van der Waals surface area contributed by atoms with Gasteiger partial charge in [-0.05, 0) is 43.4 Å². The van der Waals surface area contributed by atoms with Gasteiger partial charge in [-0.25, -0.2) is 0 Å². The standard InChI is InChI=1S/C16H18ClNO3/c17-13-9-14-10(8-16(20)18-14)7-12(13)15(19)5-4-11-3-1-2-6-21-11/h7,9,11H,1-6,8H2,(H,18,20). The van der Waals surface area contributed by atoms with Crippen LogP contribution in [0.4, 0.5) is 5.69 Å². The first-order valence-corrected chi connectivity index (χ1v) is 7.78. The molecule has 1 N–H and O–H groups in total. The van der Waals surface area contributed by atoms with E-state index in [9.17, 15) is 9.59 Å². The molecule has 1 unspecified atom stereocenters. The van der Waals surface area contributed by atoms with Crippen LogP contribution in [0.5, 0.6) is 0 Å². The normalized spacial score (nSPS) is 21.0. The lowest BCUT2D eigenvalue weighted by atomic mass is 9.98. The Bertz CT molecular complexity index is 579. The fourth-order valence-corrected chi connectivity index (χ4v) is 3.19. The topological polar surface area (TPSA) is 55.4 Å². The number of carbonyl (C=O) groups is 2. The molecule has 21 heavy (non-hydrogen) atoms. The number of rotatable bonds is 4. The summed E-state index contributed by atoms with van der Waals surface area (Å²) in [6.45, 7) is 0.798. The molecule has 1 atom stereocenters. The Kier molecular flexibility index (Phi) is 4.27. The largest absolute Gasteiger partial charge is 0.378 e. The summed E-state index contributed by atoms with van der Waals surface area (Å²) >= 11 is 6.17. The maximum atomic E-state index is 12.3. The molecule has 112 valence electrons. The van der Waals surface area contributed by atoms with Crippen molar-refractivity contribution in [2.45, 2.75) is 44.6 Å². The van der Waals surface area contributed by atoms with Crippen molar-refractivity contribution >= 4 is 29.0 Å². The summed E-state index contributed by atoms with van der Waals surface area (Å²) in [5, 5.41) is 3.14. The number of hydrogen-bond donors (Lipinski definition) is 1. The quantitative estimate of drug-likeness (QED) is 0.868. The van der Waals surface area contributed by atoms with Gasteiger partial charge in [-0.1, -0.05) is 11.6 Å². The van der Waals surface area contributed by atoms with Crippen LogP contribution in [0.3, 0.4) is 0 Å². The van der Waals surface area contributed by atoms with Gasteiger partial charge in [0.2, 0.25) is 5.91 Å². The number of benzene rings is 1. The SMILES string of the molecule is O=C1Cc2cc(C(=O)CCC3CCCCO3)c(Cl)cc2N1. The van der Waals surface area contributed by atoms with Crippen molar-refractivity contribution in [2.24, 2.45) is 0 Å². The molecule has 0 radical (unpaired) electrons. The maximum Gasteiger partial charge on any atom is 0.228 e. The molecule has 1 saturated heterocycles. The van der Waals surface area contributed by atoms with Gasteiger partial charge in [0.15, 0.2) is 5.78 Å². The molecule has 0 saturated carbocycles. The van der Waals surface area contributed by atoms with Gasteiger partial charge >= 0.3 is 0 Å². The number of ketones is 1. The molecule has 1 aromatic rings. The van der Waals surface area contributed by atoms with Crippen molar-refractivity contribution in [2.75, 3.05) is 11.9 Å². The van der Waals surface area contributed by atoms with Crippen molar-refractivity contribution < 1.29 is 14.3 Å². The maximum absolute atomic E-state index is 12.3. The molecule has 0 spiro atoms. The molecular weight excluding hydrogens is 290 g/mol. The van der Waals surface area contributed by atoms with E-state index in [-0.39, 0.29) is 17.8 Å². The molecule has 3 rings (SSSR count). The number of nitrogens with one attached hydrogen (secondary N) is 1. The summed E-state index contributed by atoms with van der Waals surface area (Å²) in [5.41, 5.74) is 2.08. The van der Waals surface area contributed by atoms with E-state index in [1.165, 1.54) is 6.42 Å². The van der Waals surface area contributed by atoms with E-state index >= 15 is 0 Å². The lowest BCUT2D eigenvalue weighted by Gasteiger charge is -2.22. The van der Waals surface area contributed by atoms with Gasteiger partial charge in [0.05, 0.1) is 17.5 Å². The number of amides is 1. The highest BCUT2D eigenvalue weighted by Gasteiger charge is 2.22. The highest BCUT2D eigenvalue weighted by atomic mass is 35.5. The van der Waals surface area contributed by atoms with Crippen LogP contribution in [0.25, 0.3) is 0 Å². The highest BCUT2D eigenvalue weighted by Crippen LogP contribution is 2.31. The number of ether oxygens (including phenoxy) is 1. The van der Waals surface area contributed by atoms with Gasteiger partial charge in [0, 0.05) is 24.3 Å². The summed E-state index contributed by atoms with van der Waals surface area (Å²) < 4.78 is 5.64. The monoisotopic (exact) mass is 307 g/mol. The second kappa shape index (κ2) is 6.16. The predicted octanol–water partition coefficient (Wildman–Crippen LogP) is 3.37. The first-order chi connectivity index (χ1) is 10.1. The number of anilines is 1. The number of halogens is 1. The lowest BCUT2D eigenvalue weighted by molar-refractivity contribution is -0.115. The van der Waals surface area contributed by atoms with Gasteiger partial charge in [-0.2, -0.15) is 0 Å². The Balaban J connectivity index is 1.67. The Morgan fingerprint density at radius 3 is 3.00 bits per heavy atom. The van der Waals surface area contributed by atoms with Gasteiger partial charge in [-0.3, -0.25) is 9.59 Å². The second-order valence-corrected chi connectivity index (χ2v) is 6.07. The molecule has 1 aromatic carbocycles. The first kappa shape index (κ1) is 14.5. The minimum atomic E-state index is -0.0544. The molecule has 1 fully saturated rings. The Hall–Kier alpha value is -1.39. The number of fused-ring (bicyclic) bond motifs is 1. The van der Waals surface area contributed by atoms with E-state index in [0.29, 0.717) is 23.4 Å². The summed E-state index contributed by atoms with van der Waals surface area (Å²) in [6, 6.07) is 3.42. The van der Waals surface area contributed by atoms with Crippen LogP contribution in [0.2, 0.25) is 5.02 Å². The van der Waals surface area contributed by atoms with Gasteiger partial charge in [-0.15, -0.1) is 0 Å². The Morgan fingerprint density at radius 1 is 1.38 bits per heavy atom. The molecule has 0 aromatic heterocycles. The summed E-state index contributed by atoms with van der Waals surface area (Å²) in [4.78, 5) is 23.7. The van der Waals surface area contributed by atoms with Crippen molar-refractivity contribution in [3.63, 3.8) is 0 Å². The predicted molar refractivity (Wildman–Crippen MR) is 80.9 cm³/mol. The van der Waals surface area contributed by atoms with Crippen LogP contribution < -0.4 is 5.32 Å². The zero-order valence-corrected chi connectivity index (χ0v) is 12.5. The molecule has 2 aliphatic heterocycles. The number of Topliss-reactive ketones (excluding diaryl/α,β-unsaturated/α-hetero) is 1. The van der Waals surface area contributed by atoms with Crippen LogP contribution in [-0.4, -0.2) is 24.4 Å². The van der Waals surface area contributed by atoms with Crippen molar-refractivity contribution in [1.29, 1.82) is 0 Å². The summed E-state index contributed by atoms with van der Waals surface area (Å²) in [7, 11) is 0. The van der Waals surface area contributed by atoms with Crippen LogP contribution >= 0.6 is 11.6 Å². The number of hydrogen-bond acceptors (Lipinski definition) is 3. The van der Waals surface area contributed by atoms with Crippen molar-refractivity contribution in [3.05, 3.63) is 28.3 Å². The van der Waals surface area contributed by atoms with E-state index in [1.54, 1.807) is 12.1 Å². The molecule has 1 amide bonds. The van der Waals surface area contributed by atoms with E-state index in [1.807, 2.05) is 0 Å². The molecular formula is C16H18ClNO3. The fourth-order valence-electron chi connectivity index (χ4n) is 2.92. The van der Waals surface area contributed by atoms with Gasteiger partial charge < -0.3 is 10.1 Å². The van der Waals surface area contributed by atoms with Gasteiger partial charge in [0.1, 0.15) is 0 Å². The molecule has 2 aliphatic rings. The summed E-state index contributed by atoms with van der Waals surface area (Å²) in [6.07, 6.45) is 5.00. The van der Waals surface area contributed by atoms with E-state index in [2.05, 4.69) is 5.32 Å². The van der Waals surface area contributed by atoms with Crippen molar-refractivity contribution in [1.82, 2.24) is 0 Å². The van der Waals surface area contributed by atoms with Gasteiger partial charge in [0.25, 0.3) is 0 Å². The molecule has 0 bridgehead atoms. The molecule has 5 heteroatoms. The smallest absolute Gasteiger partial charge is 0.228 e. The third-order valence-electron chi connectivity index (χ3n) is 4.09. The van der Waals surface area contributed by atoms with Crippen LogP contribution in [0, 0.1) is 0 Å². The van der Waals surface area contributed by atoms with Crippen LogP contribution in [0.1, 0.15) is 48.0 Å². The van der Waals surface area contributed by atoms with Crippen LogP contribution in [-0.2, 0) is 16.0 Å². The van der Waals surface area contributed by atoms with Crippen molar-refractivity contribution in [3.8, 4) is 0 Å².